The van der Waals surface area contributed by atoms with E-state index in [9.17, 15) is 48.6 Å². The zero-order chi connectivity index (χ0) is 37.1. The van der Waals surface area contributed by atoms with Gasteiger partial charge in [-0.3, -0.25) is 33.6 Å². The minimum atomic E-state index is -1.54. The number of hydrogen-bond donors (Lipinski definition) is 11. The summed E-state index contributed by atoms with van der Waals surface area (Å²) in [5.74, 6) is -9.07. The molecule has 0 aliphatic rings. The summed E-state index contributed by atoms with van der Waals surface area (Å²) in [7, 11) is 0. The van der Waals surface area contributed by atoms with Crippen LogP contribution >= 0.6 is 0 Å². The van der Waals surface area contributed by atoms with Crippen molar-refractivity contribution in [1.82, 2.24) is 26.6 Å². The van der Waals surface area contributed by atoms with Crippen molar-refractivity contribution >= 4 is 47.4 Å². The van der Waals surface area contributed by atoms with E-state index in [0.717, 1.165) is 0 Å². The van der Waals surface area contributed by atoms with Gasteiger partial charge in [0.2, 0.25) is 35.4 Å². The maximum Gasteiger partial charge on any atom is 0.326 e. The Labute approximate surface area is 278 Å². The molecule has 0 rings (SSSR count). The lowest BCUT2D eigenvalue weighted by atomic mass is 9.98. The molecule has 48 heavy (non-hydrogen) atoms. The predicted molar refractivity (Wildman–Crippen MR) is 170 cm³/mol. The Hall–Kier alpha value is -4.36. The highest BCUT2D eigenvalue weighted by atomic mass is 16.4. The van der Waals surface area contributed by atoms with Gasteiger partial charge in [0.05, 0.1) is 12.6 Å². The molecule has 0 unspecified atom stereocenters. The van der Waals surface area contributed by atoms with Crippen LogP contribution in [0.3, 0.4) is 0 Å². The summed E-state index contributed by atoms with van der Waals surface area (Å²) in [6.07, 6.45) is -0.147. The van der Waals surface area contributed by atoms with E-state index in [1.807, 2.05) is 0 Å². The molecular weight excluding hydrogens is 636 g/mol. The summed E-state index contributed by atoms with van der Waals surface area (Å²) in [4.78, 5) is 99.1. The molecule has 0 saturated heterocycles. The lowest BCUT2D eigenvalue weighted by Gasteiger charge is -2.29. The van der Waals surface area contributed by atoms with Gasteiger partial charge in [0, 0.05) is 12.8 Å². The highest BCUT2D eigenvalue weighted by molar-refractivity contribution is 5.96. The van der Waals surface area contributed by atoms with Crippen LogP contribution in [0.25, 0.3) is 0 Å². The van der Waals surface area contributed by atoms with Crippen molar-refractivity contribution in [2.24, 2.45) is 29.0 Å². The van der Waals surface area contributed by atoms with E-state index in [-0.39, 0.29) is 19.3 Å². The Kier molecular flexibility index (Phi) is 20.2. The lowest BCUT2D eigenvalue weighted by Crippen LogP contribution is -2.61. The summed E-state index contributed by atoms with van der Waals surface area (Å²) in [6, 6.07) is -8.10. The van der Waals surface area contributed by atoms with Crippen molar-refractivity contribution in [3.63, 3.8) is 0 Å². The van der Waals surface area contributed by atoms with Gasteiger partial charge in [-0.25, -0.2) is 4.79 Å². The number of aliphatic hydroxyl groups is 1. The normalized spacial score (nSPS) is 14.9. The maximum absolute atomic E-state index is 13.4. The predicted octanol–water partition coefficient (Wildman–Crippen LogP) is -3.61. The first kappa shape index (κ1) is 43.6. The number of nitrogens with two attached hydrogens (primary N) is 3. The Bertz CT molecular complexity index is 1130. The number of unbranched alkanes of at least 4 members (excludes halogenated alkanes) is 1. The minimum Gasteiger partial charge on any atom is -0.481 e. The third-order valence-electron chi connectivity index (χ3n) is 7.19. The molecule has 0 bridgehead atoms. The number of amides is 6. The van der Waals surface area contributed by atoms with Gasteiger partial charge in [-0.15, -0.1) is 0 Å². The first-order chi connectivity index (χ1) is 22.4. The van der Waals surface area contributed by atoms with Crippen LogP contribution in [0, 0.1) is 11.8 Å². The molecule has 0 spiro atoms. The molecule has 6 amide bonds. The molecule has 0 aliphatic heterocycles. The smallest absolute Gasteiger partial charge is 0.326 e. The van der Waals surface area contributed by atoms with Crippen molar-refractivity contribution in [2.45, 2.75) is 109 Å². The molecule has 0 heterocycles. The molecule has 0 aromatic heterocycles. The molecule has 19 heteroatoms. The molecule has 19 nitrogen and oxygen atoms in total. The molecule has 0 saturated carbocycles. The Balaban J connectivity index is 5.85. The van der Waals surface area contributed by atoms with Gasteiger partial charge < -0.3 is 59.1 Å². The Morgan fingerprint density at radius 2 is 1.06 bits per heavy atom. The van der Waals surface area contributed by atoms with Gasteiger partial charge in [-0.2, -0.15) is 0 Å². The quantitative estimate of drug-likeness (QED) is 0.0437. The van der Waals surface area contributed by atoms with Crippen LogP contribution in [0.1, 0.15) is 72.6 Å². The van der Waals surface area contributed by atoms with E-state index >= 15 is 0 Å². The number of carbonyl (C=O) groups is 8. The first-order valence-electron chi connectivity index (χ1n) is 15.7. The number of carbonyl (C=O) groups excluding carboxylic acids is 6. The van der Waals surface area contributed by atoms with Crippen molar-refractivity contribution < 1.29 is 53.7 Å². The van der Waals surface area contributed by atoms with Gasteiger partial charge in [-0.05, 0) is 44.1 Å². The van der Waals surface area contributed by atoms with Crippen molar-refractivity contribution in [1.29, 1.82) is 0 Å². The number of aliphatic hydroxyl groups excluding tert-OH is 1. The zero-order valence-electron chi connectivity index (χ0n) is 27.8. The van der Waals surface area contributed by atoms with Crippen LogP contribution < -0.4 is 43.8 Å². The van der Waals surface area contributed by atoms with Crippen molar-refractivity contribution in [2.75, 3.05) is 13.2 Å². The number of hydrogen-bond acceptors (Lipinski definition) is 11. The topological polar surface area (TPSA) is 335 Å². The van der Waals surface area contributed by atoms with Gasteiger partial charge in [0.15, 0.2) is 0 Å². The monoisotopic (exact) mass is 688 g/mol. The van der Waals surface area contributed by atoms with Crippen LogP contribution in [0.15, 0.2) is 0 Å². The standard InChI is InChI=1S/C29H52N8O11/c1-14(2)22(27(45)34-18(29(47)48)9-11-21(40)41)37-28(46)23(15(3)4)36-25(43)17(8-10-20(32)39)33-26(44)19(13-38)35-24(42)16(31)7-5-6-12-30/h14-19,22-23,38H,5-13,30-31H2,1-4H3,(H2,32,39)(H,33,44)(H,34,45)(H,35,42)(H,36,43)(H,37,46)(H,40,41)(H,47,48)/t16-,17-,18-,19-,22-,23-/m0/s1. The number of primary amides is 1. The number of aliphatic carboxylic acids is 2. The fourth-order valence-corrected chi connectivity index (χ4v) is 4.29. The minimum absolute atomic E-state index is 0.273. The van der Waals surface area contributed by atoms with Crippen molar-refractivity contribution in [3.05, 3.63) is 0 Å². The number of rotatable bonds is 24. The van der Waals surface area contributed by atoms with Crippen LogP contribution in [0.5, 0.6) is 0 Å². The summed E-state index contributed by atoms with van der Waals surface area (Å²) in [5, 5.41) is 39.9. The molecule has 0 radical (unpaired) electrons. The van der Waals surface area contributed by atoms with Crippen molar-refractivity contribution in [3.8, 4) is 0 Å². The molecule has 0 fully saturated rings. The number of nitrogens with one attached hydrogen (secondary N) is 5. The second-order valence-corrected chi connectivity index (χ2v) is 12.0. The van der Waals surface area contributed by atoms with Gasteiger partial charge in [0.1, 0.15) is 30.2 Å². The van der Waals surface area contributed by atoms with E-state index in [4.69, 9.17) is 22.3 Å². The summed E-state index contributed by atoms with van der Waals surface area (Å²) < 4.78 is 0. The summed E-state index contributed by atoms with van der Waals surface area (Å²) in [6.45, 7) is 5.84. The number of carboxylic acids is 2. The zero-order valence-corrected chi connectivity index (χ0v) is 27.8. The van der Waals surface area contributed by atoms with E-state index in [1.165, 1.54) is 0 Å². The second-order valence-electron chi connectivity index (χ2n) is 12.0. The highest BCUT2D eigenvalue weighted by Crippen LogP contribution is 2.10. The number of carboxylic acid groups (broad SMARTS) is 2. The van der Waals surface area contributed by atoms with E-state index in [1.54, 1.807) is 27.7 Å². The van der Waals surface area contributed by atoms with Gasteiger partial charge in [-0.1, -0.05) is 34.1 Å². The Morgan fingerprint density at radius 3 is 1.52 bits per heavy atom. The fraction of sp³-hybridized carbons (Fsp3) is 0.724. The molecule has 0 aromatic rings. The van der Waals surface area contributed by atoms with Gasteiger partial charge in [0.25, 0.3) is 0 Å². The third-order valence-corrected chi connectivity index (χ3v) is 7.19. The van der Waals surface area contributed by atoms with E-state index in [0.29, 0.717) is 19.4 Å². The molecule has 0 aromatic carbocycles. The Morgan fingerprint density at radius 1 is 0.604 bits per heavy atom. The van der Waals surface area contributed by atoms with Crippen LogP contribution in [0.2, 0.25) is 0 Å². The average molecular weight is 689 g/mol. The van der Waals surface area contributed by atoms with E-state index in [2.05, 4.69) is 26.6 Å². The summed E-state index contributed by atoms with van der Waals surface area (Å²) in [5.41, 5.74) is 16.5. The van der Waals surface area contributed by atoms with Gasteiger partial charge >= 0.3 is 11.9 Å². The van der Waals surface area contributed by atoms with Crippen LogP contribution in [-0.2, 0) is 38.4 Å². The summed E-state index contributed by atoms with van der Waals surface area (Å²) >= 11 is 0. The molecule has 0 aliphatic carbocycles. The largest absolute Gasteiger partial charge is 0.481 e. The second kappa shape index (κ2) is 22.3. The molecular formula is C29H52N8O11. The van der Waals surface area contributed by atoms with Crippen LogP contribution in [0.4, 0.5) is 0 Å². The SMILES string of the molecule is CC(C)[C@H](NC(=O)[C@H](CCC(N)=O)NC(=O)[C@H](CO)NC(=O)[C@@H](N)CCCCN)C(=O)N[C@H](C(=O)N[C@@H](CCC(=O)O)C(=O)O)C(C)C. The molecule has 6 atom stereocenters. The third kappa shape index (κ3) is 16.5. The maximum atomic E-state index is 13.4. The molecule has 14 N–H and O–H groups in total. The van der Waals surface area contributed by atoms with E-state index < -0.39 is 115 Å². The molecule has 274 valence electrons. The fourth-order valence-electron chi connectivity index (χ4n) is 4.29. The first-order valence-corrected chi connectivity index (χ1v) is 15.7. The van der Waals surface area contributed by atoms with Crippen LogP contribution in [-0.4, -0.2) is 112 Å². The lowest BCUT2D eigenvalue weighted by molar-refractivity contribution is -0.143. The average Bonchev–Trinajstić information content (AvgIpc) is 2.99. The highest BCUT2D eigenvalue weighted by Gasteiger charge is 2.35.